The molecule has 8 heteroatoms. The number of nitrogen functional groups attached to an aromatic ring is 1. The number of para-hydroxylation sites is 1. The van der Waals surface area contributed by atoms with Crippen LogP contribution in [0.5, 0.6) is 5.75 Å². The van der Waals surface area contributed by atoms with Crippen molar-refractivity contribution in [3.05, 3.63) is 65.4 Å². The van der Waals surface area contributed by atoms with Gasteiger partial charge in [0.1, 0.15) is 17.0 Å². The summed E-state index contributed by atoms with van der Waals surface area (Å²) in [6, 6.07) is 15.1. The number of anilines is 3. The van der Waals surface area contributed by atoms with Gasteiger partial charge in [-0.05, 0) is 59.4 Å². The van der Waals surface area contributed by atoms with Crippen LogP contribution in [0.15, 0.2) is 48.5 Å². The lowest BCUT2D eigenvalue weighted by Crippen LogP contribution is -2.72. The van der Waals surface area contributed by atoms with Crippen LogP contribution < -0.4 is 21.3 Å². The van der Waals surface area contributed by atoms with Crippen molar-refractivity contribution in [3.8, 4) is 5.75 Å². The standard InChI is InChI=1S/C27H31N5O2S/c1-17(2)21(12-33)24-11-26(35-30-24)32-15-27(16-32)13-31(14-27)19-8-7-18(22(28)10-19)9-23(29)20-5-3-4-6-25(20)34/h3-12,17,21,34H,13-16,28-29H2,1-2H3/b23-9-. The van der Waals surface area contributed by atoms with Crippen LogP contribution in [0, 0.1) is 11.3 Å². The smallest absolute Gasteiger partial charge is 0.129 e. The summed E-state index contributed by atoms with van der Waals surface area (Å²) in [5.41, 5.74) is 17.4. The molecule has 35 heavy (non-hydrogen) atoms. The summed E-state index contributed by atoms with van der Waals surface area (Å²) in [5, 5.41) is 11.2. The minimum Gasteiger partial charge on any atom is -0.507 e. The van der Waals surface area contributed by atoms with Gasteiger partial charge in [0.15, 0.2) is 0 Å². The lowest BCUT2D eigenvalue weighted by molar-refractivity contribution is -0.109. The number of nitrogens with zero attached hydrogens (tertiary/aromatic N) is 3. The van der Waals surface area contributed by atoms with Crippen molar-refractivity contribution in [3.63, 3.8) is 0 Å². The zero-order chi connectivity index (χ0) is 24.7. The van der Waals surface area contributed by atoms with Gasteiger partial charge >= 0.3 is 0 Å². The van der Waals surface area contributed by atoms with Crippen molar-refractivity contribution < 1.29 is 9.90 Å². The molecule has 0 bridgehead atoms. The molecule has 0 saturated carbocycles. The molecule has 2 saturated heterocycles. The Balaban J connectivity index is 1.20. The molecule has 1 atom stereocenters. The van der Waals surface area contributed by atoms with Crippen molar-refractivity contribution >= 4 is 46.0 Å². The molecular formula is C27H31N5O2S. The number of aromatic hydroxyl groups is 1. The van der Waals surface area contributed by atoms with Crippen LogP contribution in [-0.2, 0) is 4.79 Å². The van der Waals surface area contributed by atoms with Crippen molar-refractivity contribution in [2.24, 2.45) is 17.1 Å². The molecular weight excluding hydrogens is 458 g/mol. The molecule has 7 nitrogen and oxygen atoms in total. The van der Waals surface area contributed by atoms with E-state index in [9.17, 15) is 9.90 Å². The number of carbonyl (C=O) groups is 1. The molecule has 5 rings (SSSR count). The third-order valence-electron chi connectivity index (χ3n) is 7.10. The highest BCUT2D eigenvalue weighted by molar-refractivity contribution is 7.10. The molecule has 1 unspecified atom stereocenters. The zero-order valence-electron chi connectivity index (χ0n) is 20.0. The van der Waals surface area contributed by atoms with E-state index in [-0.39, 0.29) is 17.6 Å². The molecule has 5 N–H and O–H groups in total. The Morgan fingerprint density at radius 3 is 2.49 bits per heavy atom. The third-order valence-corrected chi connectivity index (χ3v) is 7.97. The largest absolute Gasteiger partial charge is 0.507 e. The molecule has 2 aromatic carbocycles. The van der Waals surface area contributed by atoms with Crippen LogP contribution in [0.2, 0.25) is 0 Å². The van der Waals surface area contributed by atoms with Gasteiger partial charge in [-0.2, -0.15) is 4.37 Å². The van der Waals surface area contributed by atoms with Gasteiger partial charge in [0.25, 0.3) is 0 Å². The molecule has 0 amide bonds. The molecule has 0 radical (unpaired) electrons. The summed E-state index contributed by atoms with van der Waals surface area (Å²) in [4.78, 5) is 16.2. The molecule has 182 valence electrons. The van der Waals surface area contributed by atoms with Crippen LogP contribution >= 0.6 is 11.5 Å². The first-order chi connectivity index (χ1) is 16.8. The number of carbonyl (C=O) groups excluding carboxylic acids is 1. The first-order valence-corrected chi connectivity index (χ1v) is 12.6. The fourth-order valence-corrected chi connectivity index (χ4v) is 5.86. The quantitative estimate of drug-likeness (QED) is 0.260. The van der Waals surface area contributed by atoms with Gasteiger partial charge in [0.2, 0.25) is 0 Å². The maximum absolute atomic E-state index is 11.4. The topological polar surface area (TPSA) is 109 Å². The predicted molar refractivity (Wildman–Crippen MR) is 144 cm³/mol. The van der Waals surface area contributed by atoms with E-state index in [1.54, 1.807) is 24.3 Å². The summed E-state index contributed by atoms with van der Waals surface area (Å²) in [7, 11) is 0. The van der Waals surface area contributed by atoms with Gasteiger partial charge in [-0.1, -0.05) is 32.0 Å². The van der Waals surface area contributed by atoms with Gasteiger partial charge in [0, 0.05) is 54.2 Å². The number of benzene rings is 2. The Labute approximate surface area is 209 Å². The molecule has 2 aliphatic rings. The Morgan fingerprint density at radius 1 is 1.11 bits per heavy atom. The second-order valence-electron chi connectivity index (χ2n) is 10.1. The Hall–Kier alpha value is -3.52. The second kappa shape index (κ2) is 8.92. The SMILES string of the molecule is CC(C)C(C=O)c1cc(N2CC3(CN(c4ccc(/C=C(\N)c5ccccc5O)c(N)c4)C3)C2)sn1. The normalized spacial score (nSPS) is 17.9. The Kier molecular flexibility index (Phi) is 5.92. The fourth-order valence-electron chi connectivity index (χ4n) is 5.07. The first kappa shape index (κ1) is 23.2. The van der Waals surface area contributed by atoms with Crippen molar-refractivity contribution in [1.82, 2.24) is 4.37 Å². The van der Waals surface area contributed by atoms with Crippen molar-refractivity contribution in [1.29, 1.82) is 0 Å². The molecule has 2 aliphatic heterocycles. The van der Waals surface area contributed by atoms with E-state index in [4.69, 9.17) is 11.5 Å². The van der Waals surface area contributed by atoms with Crippen LogP contribution in [-0.4, -0.2) is 41.9 Å². The summed E-state index contributed by atoms with van der Waals surface area (Å²) in [5.74, 6) is 0.267. The average molecular weight is 490 g/mol. The molecule has 3 heterocycles. The van der Waals surface area contributed by atoms with E-state index in [1.807, 2.05) is 18.2 Å². The monoisotopic (exact) mass is 489 g/mol. The number of hydrogen-bond acceptors (Lipinski definition) is 8. The van der Waals surface area contributed by atoms with Gasteiger partial charge in [-0.25, -0.2) is 0 Å². The molecule has 3 aromatic rings. The van der Waals surface area contributed by atoms with E-state index in [2.05, 4.69) is 40.2 Å². The number of rotatable bonds is 7. The number of aldehydes is 1. The number of phenolic OH excluding ortho intramolecular Hbond substituents is 1. The number of phenols is 1. The summed E-state index contributed by atoms with van der Waals surface area (Å²) < 4.78 is 4.55. The average Bonchev–Trinajstić information content (AvgIpc) is 3.23. The summed E-state index contributed by atoms with van der Waals surface area (Å²) >= 11 is 1.49. The van der Waals surface area contributed by atoms with Crippen LogP contribution in [0.25, 0.3) is 11.8 Å². The van der Waals surface area contributed by atoms with Gasteiger partial charge in [0.05, 0.1) is 11.6 Å². The maximum atomic E-state index is 11.4. The Bertz CT molecular complexity index is 1270. The number of nitrogens with two attached hydrogens (primary N) is 2. The van der Waals surface area contributed by atoms with Gasteiger partial charge in [-0.15, -0.1) is 0 Å². The van der Waals surface area contributed by atoms with E-state index >= 15 is 0 Å². The fraction of sp³-hybridized carbons (Fsp3) is 0.333. The third kappa shape index (κ3) is 4.34. The molecule has 1 aromatic heterocycles. The Morgan fingerprint density at radius 2 is 1.83 bits per heavy atom. The van der Waals surface area contributed by atoms with E-state index in [0.717, 1.165) is 54.4 Å². The molecule has 0 aliphatic carbocycles. The second-order valence-corrected chi connectivity index (χ2v) is 10.9. The minimum atomic E-state index is -0.133. The minimum absolute atomic E-state index is 0.133. The van der Waals surface area contributed by atoms with Gasteiger partial charge in [-0.3, -0.25) is 0 Å². The molecule has 1 spiro atoms. The lowest BCUT2D eigenvalue weighted by Gasteiger charge is -2.61. The van der Waals surface area contributed by atoms with E-state index in [0.29, 0.717) is 22.4 Å². The summed E-state index contributed by atoms with van der Waals surface area (Å²) in [6.07, 6.45) is 2.81. The summed E-state index contributed by atoms with van der Waals surface area (Å²) in [6.45, 7) is 8.11. The zero-order valence-corrected chi connectivity index (χ0v) is 20.8. The van der Waals surface area contributed by atoms with Crippen LogP contribution in [0.3, 0.4) is 0 Å². The van der Waals surface area contributed by atoms with Gasteiger partial charge < -0.3 is 31.2 Å². The van der Waals surface area contributed by atoms with Crippen LogP contribution in [0.1, 0.15) is 36.6 Å². The molecule has 2 fully saturated rings. The highest BCUT2D eigenvalue weighted by Crippen LogP contribution is 2.45. The number of hydrogen-bond donors (Lipinski definition) is 3. The van der Waals surface area contributed by atoms with Crippen molar-refractivity contribution in [2.45, 2.75) is 19.8 Å². The maximum Gasteiger partial charge on any atom is 0.129 e. The highest BCUT2D eigenvalue weighted by Gasteiger charge is 2.52. The highest BCUT2D eigenvalue weighted by atomic mass is 32.1. The first-order valence-electron chi connectivity index (χ1n) is 11.9. The number of aromatic nitrogens is 1. The van der Waals surface area contributed by atoms with E-state index < -0.39 is 0 Å². The van der Waals surface area contributed by atoms with Crippen LogP contribution in [0.4, 0.5) is 16.4 Å². The van der Waals surface area contributed by atoms with E-state index in [1.165, 1.54) is 11.5 Å². The van der Waals surface area contributed by atoms with Crippen molar-refractivity contribution in [2.75, 3.05) is 41.7 Å². The predicted octanol–water partition coefficient (Wildman–Crippen LogP) is 4.15. The lowest BCUT2D eigenvalue weighted by atomic mass is 9.72.